The number of benzene rings is 1. The molecule has 0 unspecified atom stereocenters. The highest BCUT2D eigenvalue weighted by Gasteiger charge is 2.25. The van der Waals surface area contributed by atoms with Gasteiger partial charge in [-0.05, 0) is 70.6 Å². The maximum atomic E-state index is 12.8. The molecule has 0 spiro atoms. The van der Waals surface area contributed by atoms with Crippen molar-refractivity contribution in [2.75, 3.05) is 5.73 Å². The molecule has 134 valence electrons. The molecule has 0 bridgehead atoms. The van der Waals surface area contributed by atoms with Crippen molar-refractivity contribution in [3.63, 3.8) is 0 Å². The summed E-state index contributed by atoms with van der Waals surface area (Å²) in [6.07, 6.45) is 3.99. The van der Waals surface area contributed by atoms with Crippen LogP contribution in [-0.4, -0.2) is 16.2 Å². The van der Waals surface area contributed by atoms with Crippen LogP contribution in [0.15, 0.2) is 45.8 Å². The van der Waals surface area contributed by atoms with Crippen LogP contribution in [0.2, 0.25) is 0 Å². The van der Waals surface area contributed by atoms with Crippen LogP contribution in [0, 0.1) is 0 Å². The van der Waals surface area contributed by atoms with E-state index in [1.807, 2.05) is 6.07 Å². The lowest BCUT2D eigenvalue weighted by Crippen LogP contribution is -2.21. The lowest BCUT2D eigenvalue weighted by Gasteiger charge is -2.14. The molecular formula is C18H14BrF2N3O2. The molecule has 1 aliphatic carbocycles. The Labute approximate surface area is 155 Å². The Morgan fingerprint density at radius 2 is 1.96 bits per heavy atom. The molecule has 4 rings (SSSR count). The Kier molecular flexibility index (Phi) is 4.14. The van der Waals surface area contributed by atoms with Gasteiger partial charge in [-0.3, -0.25) is 14.3 Å². The first-order valence-electron chi connectivity index (χ1n) is 8.00. The highest BCUT2D eigenvalue weighted by atomic mass is 79.9. The summed E-state index contributed by atoms with van der Waals surface area (Å²) >= 11 is 3.23. The van der Waals surface area contributed by atoms with Gasteiger partial charge in [0.05, 0.1) is 11.2 Å². The van der Waals surface area contributed by atoms with E-state index in [2.05, 4.69) is 25.7 Å². The Balaban J connectivity index is 1.92. The number of hydrogen-bond acceptors (Lipinski definition) is 4. The van der Waals surface area contributed by atoms with Crippen molar-refractivity contribution in [3.8, 4) is 11.4 Å². The minimum absolute atomic E-state index is 0.0207. The molecule has 3 aromatic rings. The van der Waals surface area contributed by atoms with Crippen LogP contribution >= 0.6 is 15.9 Å². The number of halogens is 3. The second-order valence-electron chi connectivity index (χ2n) is 6.15. The van der Waals surface area contributed by atoms with Crippen LogP contribution in [0.1, 0.15) is 24.3 Å². The first kappa shape index (κ1) is 17.0. The fraction of sp³-hybridized carbons (Fsp3) is 0.222. The van der Waals surface area contributed by atoms with Gasteiger partial charge in [0.2, 0.25) is 0 Å². The van der Waals surface area contributed by atoms with Gasteiger partial charge in [-0.2, -0.15) is 8.78 Å². The predicted molar refractivity (Wildman–Crippen MR) is 98.1 cm³/mol. The van der Waals surface area contributed by atoms with E-state index in [-0.39, 0.29) is 21.5 Å². The quantitative estimate of drug-likeness (QED) is 0.684. The van der Waals surface area contributed by atoms with Gasteiger partial charge in [-0.25, -0.2) is 0 Å². The number of aromatic nitrogens is 2. The number of hydrogen-bond donors (Lipinski definition) is 1. The van der Waals surface area contributed by atoms with Crippen molar-refractivity contribution in [1.82, 2.24) is 9.55 Å². The van der Waals surface area contributed by atoms with Crippen LogP contribution in [0.25, 0.3) is 16.7 Å². The summed E-state index contributed by atoms with van der Waals surface area (Å²) in [7, 11) is 0. The van der Waals surface area contributed by atoms with Crippen LogP contribution in [0.3, 0.4) is 0 Å². The first-order chi connectivity index (χ1) is 12.5. The van der Waals surface area contributed by atoms with Gasteiger partial charge in [0, 0.05) is 11.9 Å². The number of pyridine rings is 2. The zero-order chi connectivity index (χ0) is 18.4. The molecule has 1 aromatic carbocycles. The second-order valence-corrected chi connectivity index (χ2v) is 6.94. The molecule has 0 aliphatic heterocycles. The number of nitrogen functional groups attached to an aromatic ring is 1. The minimum Gasteiger partial charge on any atom is -0.435 e. The number of ether oxygens (including phenoxy) is 1. The van der Waals surface area contributed by atoms with E-state index in [9.17, 15) is 13.6 Å². The molecule has 0 radical (unpaired) electrons. The largest absolute Gasteiger partial charge is 0.435 e. The van der Waals surface area contributed by atoms with E-state index in [1.165, 1.54) is 16.7 Å². The molecule has 1 fully saturated rings. The maximum absolute atomic E-state index is 12.8. The standard InChI is InChI=1S/C18H14BrF2N3O2/c19-14-15(22)16-13(7-10(8-23-16)9-1-2-9)24(17(14)25)11-3-5-12(6-4-11)26-18(20)21/h3-9,18H,1-2,22H2. The van der Waals surface area contributed by atoms with Gasteiger partial charge >= 0.3 is 6.61 Å². The third-order valence-corrected chi connectivity index (χ3v) is 5.15. The molecule has 1 aliphatic rings. The number of nitrogens with zero attached hydrogens (tertiary/aromatic N) is 2. The summed E-state index contributed by atoms with van der Waals surface area (Å²) in [5, 5.41) is 0. The molecular weight excluding hydrogens is 408 g/mol. The summed E-state index contributed by atoms with van der Waals surface area (Å²) in [6.45, 7) is -2.90. The summed E-state index contributed by atoms with van der Waals surface area (Å²) < 4.78 is 30.7. The Morgan fingerprint density at radius 1 is 1.27 bits per heavy atom. The third-order valence-electron chi connectivity index (χ3n) is 4.38. The smallest absolute Gasteiger partial charge is 0.387 e. The van der Waals surface area contributed by atoms with Gasteiger partial charge in [-0.15, -0.1) is 0 Å². The molecule has 0 amide bonds. The number of nitrogens with two attached hydrogens (primary N) is 1. The zero-order valence-corrected chi connectivity index (χ0v) is 15.0. The first-order valence-corrected chi connectivity index (χ1v) is 8.80. The Bertz CT molecular complexity index is 1050. The molecule has 2 N–H and O–H groups in total. The normalized spacial score (nSPS) is 14.2. The van der Waals surface area contributed by atoms with E-state index in [4.69, 9.17) is 5.73 Å². The average Bonchev–Trinajstić information content (AvgIpc) is 3.46. The van der Waals surface area contributed by atoms with Crippen LogP contribution < -0.4 is 16.0 Å². The maximum Gasteiger partial charge on any atom is 0.387 e. The molecule has 2 heterocycles. The highest BCUT2D eigenvalue weighted by Crippen LogP contribution is 2.41. The summed E-state index contributed by atoms with van der Waals surface area (Å²) in [5.41, 5.74) is 8.66. The zero-order valence-electron chi connectivity index (χ0n) is 13.5. The molecule has 8 heteroatoms. The fourth-order valence-electron chi connectivity index (χ4n) is 2.95. The second kappa shape index (κ2) is 6.35. The van der Waals surface area contributed by atoms with Gasteiger partial charge in [-0.1, -0.05) is 0 Å². The van der Waals surface area contributed by atoms with Gasteiger partial charge in [0.25, 0.3) is 5.56 Å². The number of alkyl halides is 2. The van der Waals surface area contributed by atoms with Crippen LogP contribution in [0.4, 0.5) is 14.5 Å². The van der Waals surface area contributed by atoms with Gasteiger partial charge in [0.15, 0.2) is 0 Å². The van der Waals surface area contributed by atoms with Crippen molar-refractivity contribution in [2.24, 2.45) is 0 Å². The van der Waals surface area contributed by atoms with Crippen LogP contribution in [-0.2, 0) is 0 Å². The highest BCUT2D eigenvalue weighted by molar-refractivity contribution is 9.10. The van der Waals surface area contributed by atoms with Crippen molar-refractivity contribution in [3.05, 3.63) is 56.9 Å². The van der Waals surface area contributed by atoms with Gasteiger partial charge in [0.1, 0.15) is 15.7 Å². The molecule has 5 nitrogen and oxygen atoms in total. The number of rotatable bonds is 4. The van der Waals surface area contributed by atoms with E-state index in [0.29, 0.717) is 22.6 Å². The van der Waals surface area contributed by atoms with E-state index in [0.717, 1.165) is 18.4 Å². The number of fused-ring (bicyclic) bond motifs is 1. The fourth-order valence-corrected chi connectivity index (χ4v) is 3.31. The molecule has 1 saturated carbocycles. The SMILES string of the molecule is Nc1c(Br)c(=O)n(-c2ccc(OC(F)F)cc2)c2cc(C3CC3)cnc12. The lowest BCUT2D eigenvalue weighted by molar-refractivity contribution is -0.0498. The summed E-state index contributed by atoms with van der Waals surface area (Å²) in [6, 6.07) is 7.80. The summed E-state index contributed by atoms with van der Waals surface area (Å²) in [5.74, 6) is 0.481. The summed E-state index contributed by atoms with van der Waals surface area (Å²) in [4.78, 5) is 17.3. The predicted octanol–water partition coefficient (Wildman–Crippen LogP) is 4.21. The van der Waals surface area contributed by atoms with Crippen molar-refractivity contribution in [2.45, 2.75) is 25.4 Å². The monoisotopic (exact) mass is 421 g/mol. The Hall–Kier alpha value is -2.48. The van der Waals surface area contributed by atoms with Crippen molar-refractivity contribution < 1.29 is 13.5 Å². The number of anilines is 1. The van der Waals surface area contributed by atoms with Crippen LogP contribution in [0.5, 0.6) is 5.75 Å². The molecule has 26 heavy (non-hydrogen) atoms. The lowest BCUT2D eigenvalue weighted by atomic mass is 10.1. The van der Waals surface area contributed by atoms with E-state index >= 15 is 0 Å². The third kappa shape index (κ3) is 2.94. The topological polar surface area (TPSA) is 70.1 Å². The van der Waals surface area contributed by atoms with Crippen molar-refractivity contribution >= 4 is 32.7 Å². The van der Waals surface area contributed by atoms with E-state index in [1.54, 1.807) is 18.3 Å². The average molecular weight is 422 g/mol. The van der Waals surface area contributed by atoms with Crippen molar-refractivity contribution in [1.29, 1.82) is 0 Å². The Morgan fingerprint density at radius 3 is 2.58 bits per heavy atom. The van der Waals surface area contributed by atoms with Gasteiger partial charge < -0.3 is 10.5 Å². The van der Waals surface area contributed by atoms with E-state index < -0.39 is 6.61 Å². The molecule has 0 saturated heterocycles. The minimum atomic E-state index is -2.90. The molecule has 0 atom stereocenters. The molecule has 2 aromatic heterocycles.